The molecular weight excluding hydrogens is 392 g/mol. The molecular formula is C12H13BrCl2FNO2S. The van der Waals surface area contributed by atoms with E-state index in [1.807, 2.05) is 0 Å². The first-order chi connectivity index (χ1) is 9.37. The van der Waals surface area contributed by atoms with E-state index in [1.54, 1.807) is 0 Å². The van der Waals surface area contributed by atoms with E-state index < -0.39 is 20.9 Å². The molecule has 0 amide bonds. The summed E-state index contributed by atoms with van der Waals surface area (Å²) >= 11 is 14.8. The number of hydrogen-bond donors (Lipinski definition) is 0. The second-order valence-electron chi connectivity index (χ2n) is 4.68. The van der Waals surface area contributed by atoms with Crippen LogP contribution >= 0.6 is 39.1 Å². The van der Waals surface area contributed by atoms with Crippen molar-refractivity contribution in [3.05, 3.63) is 28.0 Å². The van der Waals surface area contributed by atoms with E-state index in [9.17, 15) is 12.8 Å². The van der Waals surface area contributed by atoms with Crippen LogP contribution in [0.3, 0.4) is 0 Å². The average Bonchev–Trinajstić information content (AvgIpc) is 2.44. The number of alkyl halides is 1. The van der Waals surface area contributed by atoms with E-state index in [0.29, 0.717) is 19.0 Å². The summed E-state index contributed by atoms with van der Waals surface area (Å²) in [4.78, 5) is -0.224. The second kappa shape index (κ2) is 6.48. The molecule has 0 spiro atoms. The van der Waals surface area contributed by atoms with Gasteiger partial charge in [0, 0.05) is 18.4 Å². The Morgan fingerprint density at radius 1 is 1.30 bits per heavy atom. The minimum absolute atomic E-state index is 0.188. The third kappa shape index (κ3) is 3.14. The van der Waals surface area contributed by atoms with E-state index in [0.717, 1.165) is 18.2 Å². The number of halogens is 4. The van der Waals surface area contributed by atoms with E-state index in [-0.39, 0.29) is 9.92 Å². The third-order valence-electron chi connectivity index (χ3n) is 3.41. The average molecular weight is 405 g/mol. The van der Waals surface area contributed by atoms with Gasteiger partial charge in [0.25, 0.3) is 0 Å². The quantitative estimate of drug-likeness (QED) is 0.565. The number of hydrogen-bond acceptors (Lipinski definition) is 2. The SMILES string of the molecule is O=S(=O)(c1ccc(Cl)c(F)c1Cl)N1CCC(CBr)CC1. The molecule has 0 unspecified atom stereocenters. The third-order valence-corrected chi connectivity index (χ3v) is 7.04. The molecule has 112 valence electrons. The van der Waals surface area contributed by atoms with Crippen LogP contribution in [-0.4, -0.2) is 31.1 Å². The molecule has 0 atom stereocenters. The van der Waals surface area contributed by atoms with Crippen LogP contribution in [0, 0.1) is 11.7 Å². The van der Waals surface area contributed by atoms with Gasteiger partial charge in [0.05, 0.1) is 10.0 Å². The van der Waals surface area contributed by atoms with Crippen molar-refractivity contribution >= 4 is 49.2 Å². The van der Waals surface area contributed by atoms with Crippen molar-refractivity contribution in [1.82, 2.24) is 4.31 Å². The van der Waals surface area contributed by atoms with Crippen LogP contribution in [0.25, 0.3) is 0 Å². The summed E-state index contributed by atoms with van der Waals surface area (Å²) in [7, 11) is -3.78. The zero-order chi connectivity index (χ0) is 14.9. The van der Waals surface area contributed by atoms with Crippen molar-refractivity contribution in [2.24, 2.45) is 5.92 Å². The lowest BCUT2D eigenvalue weighted by Crippen LogP contribution is -2.38. The number of benzene rings is 1. The van der Waals surface area contributed by atoms with Gasteiger partial charge < -0.3 is 0 Å². The van der Waals surface area contributed by atoms with Crippen molar-refractivity contribution in [2.75, 3.05) is 18.4 Å². The van der Waals surface area contributed by atoms with Gasteiger partial charge >= 0.3 is 0 Å². The van der Waals surface area contributed by atoms with Gasteiger partial charge in [-0.05, 0) is 30.9 Å². The Labute approximate surface area is 136 Å². The maximum atomic E-state index is 13.7. The summed E-state index contributed by atoms with van der Waals surface area (Å²) in [5.74, 6) is -0.427. The Hall–Kier alpha value is 0.120. The van der Waals surface area contributed by atoms with Crippen LogP contribution in [-0.2, 0) is 10.0 Å². The molecule has 1 heterocycles. The first-order valence-electron chi connectivity index (χ1n) is 6.07. The molecule has 0 aliphatic carbocycles. The maximum Gasteiger partial charge on any atom is 0.244 e. The van der Waals surface area contributed by atoms with E-state index >= 15 is 0 Å². The summed E-state index contributed by atoms with van der Waals surface area (Å²) in [6.45, 7) is 0.832. The van der Waals surface area contributed by atoms with Gasteiger partial charge in [0.2, 0.25) is 10.0 Å². The van der Waals surface area contributed by atoms with Gasteiger partial charge in [-0.3, -0.25) is 0 Å². The molecule has 0 saturated carbocycles. The molecule has 2 rings (SSSR count). The lowest BCUT2D eigenvalue weighted by molar-refractivity contribution is 0.292. The molecule has 0 radical (unpaired) electrons. The molecule has 0 bridgehead atoms. The zero-order valence-electron chi connectivity index (χ0n) is 10.5. The van der Waals surface area contributed by atoms with E-state index in [2.05, 4.69) is 15.9 Å². The number of rotatable bonds is 3. The Morgan fingerprint density at radius 2 is 1.90 bits per heavy atom. The Balaban J connectivity index is 2.30. The molecule has 20 heavy (non-hydrogen) atoms. The molecule has 1 aliphatic rings. The fourth-order valence-corrected chi connectivity index (χ4v) is 4.99. The molecule has 1 aliphatic heterocycles. The molecule has 1 fully saturated rings. The largest absolute Gasteiger partial charge is 0.244 e. The van der Waals surface area contributed by atoms with E-state index in [1.165, 1.54) is 16.4 Å². The van der Waals surface area contributed by atoms with Crippen LogP contribution in [0.2, 0.25) is 10.0 Å². The van der Waals surface area contributed by atoms with Crippen molar-refractivity contribution in [3.8, 4) is 0 Å². The summed E-state index contributed by atoms with van der Waals surface area (Å²) < 4.78 is 40.0. The molecule has 1 aromatic carbocycles. The monoisotopic (exact) mass is 403 g/mol. The minimum Gasteiger partial charge on any atom is -0.207 e. The summed E-state index contributed by atoms with van der Waals surface area (Å²) in [5, 5.41) is 0.226. The highest BCUT2D eigenvalue weighted by Gasteiger charge is 2.31. The van der Waals surface area contributed by atoms with Crippen LogP contribution in [0.5, 0.6) is 0 Å². The highest BCUT2D eigenvalue weighted by Crippen LogP contribution is 2.33. The molecule has 0 aromatic heterocycles. The van der Waals surface area contributed by atoms with E-state index in [4.69, 9.17) is 23.2 Å². The van der Waals surface area contributed by atoms with Gasteiger partial charge in [-0.25, -0.2) is 12.8 Å². The summed E-state index contributed by atoms with van der Waals surface area (Å²) in [6, 6.07) is 2.46. The van der Waals surface area contributed by atoms with Crippen LogP contribution < -0.4 is 0 Å². The summed E-state index contributed by atoms with van der Waals surface area (Å²) in [6.07, 6.45) is 1.55. The van der Waals surface area contributed by atoms with Crippen molar-refractivity contribution in [3.63, 3.8) is 0 Å². The predicted molar refractivity (Wildman–Crippen MR) is 81.7 cm³/mol. The van der Waals surface area contributed by atoms with Gasteiger partial charge in [-0.15, -0.1) is 0 Å². The number of piperidine rings is 1. The Bertz CT molecular complexity index is 604. The van der Waals surface area contributed by atoms with Crippen molar-refractivity contribution < 1.29 is 12.8 Å². The second-order valence-corrected chi connectivity index (χ2v) is 8.01. The first-order valence-corrected chi connectivity index (χ1v) is 9.39. The Morgan fingerprint density at radius 3 is 2.45 bits per heavy atom. The van der Waals surface area contributed by atoms with Crippen LogP contribution in [0.15, 0.2) is 17.0 Å². The van der Waals surface area contributed by atoms with Gasteiger partial charge in [-0.2, -0.15) is 4.31 Å². The predicted octanol–water partition coefficient (Wildman–Crippen LogP) is 3.93. The molecule has 8 heteroatoms. The fourth-order valence-electron chi connectivity index (χ4n) is 2.15. The summed E-state index contributed by atoms with van der Waals surface area (Å²) in [5.41, 5.74) is 0. The Kier molecular flexibility index (Phi) is 5.34. The highest BCUT2D eigenvalue weighted by molar-refractivity contribution is 9.09. The van der Waals surface area contributed by atoms with Crippen LogP contribution in [0.1, 0.15) is 12.8 Å². The topological polar surface area (TPSA) is 37.4 Å². The smallest absolute Gasteiger partial charge is 0.207 e. The maximum absolute atomic E-state index is 13.7. The molecule has 1 saturated heterocycles. The normalized spacial score (nSPS) is 18.4. The lowest BCUT2D eigenvalue weighted by atomic mass is 10.0. The molecule has 3 nitrogen and oxygen atoms in total. The fraction of sp³-hybridized carbons (Fsp3) is 0.500. The molecule has 0 N–H and O–H groups in total. The first kappa shape index (κ1) is 16.5. The lowest BCUT2D eigenvalue weighted by Gasteiger charge is -2.30. The van der Waals surface area contributed by atoms with Crippen molar-refractivity contribution in [1.29, 1.82) is 0 Å². The van der Waals surface area contributed by atoms with Crippen LogP contribution in [0.4, 0.5) is 4.39 Å². The highest BCUT2D eigenvalue weighted by atomic mass is 79.9. The zero-order valence-corrected chi connectivity index (χ0v) is 14.4. The number of nitrogens with zero attached hydrogens (tertiary/aromatic N) is 1. The van der Waals surface area contributed by atoms with Gasteiger partial charge in [0.1, 0.15) is 4.90 Å². The minimum atomic E-state index is -3.78. The van der Waals surface area contributed by atoms with Gasteiger partial charge in [0.15, 0.2) is 5.82 Å². The van der Waals surface area contributed by atoms with Crippen molar-refractivity contribution in [2.45, 2.75) is 17.7 Å². The number of sulfonamides is 1. The standard InChI is InChI=1S/C12H13BrCl2FNO2S/c13-7-8-3-5-17(6-4-8)20(18,19)10-2-1-9(14)12(16)11(10)15/h1-2,8H,3-7H2. The van der Waals surface area contributed by atoms with Gasteiger partial charge in [-0.1, -0.05) is 39.1 Å². The molecule has 1 aromatic rings.